The van der Waals surface area contributed by atoms with E-state index < -0.39 is 0 Å². The van der Waals surface area contributed by atoms with Gasteiger partial charge in [-0.1, -0.05) is 25.1 Å². The average molecular weight is 326 g/mol. The van der Waals surface area contributed by atoms with Crippen molar-refractivity contribution >= 4 is 6.08 Å². The summed E-state index contributed by atoms with van der Waals surface area (Å²) in [4.78, 5) is 0. The maximum atomic E-state index is 9.80. The van der Waals surface area contributed by atoms with Crippen LogP contribution >= 0.6 is 0 Å². The van der Waals surface area contributed by atoms with Gasteiger partial charge in [-0.25, -0.2) is 0 Å². The molecule has 126 valence electrons. The molecule has 24 heavy (non-hydrogen) atoms. The number of phenols is 1. The molecule has 0 bridgehead atoms. The van der Waals surface area contributed by atoms with E-state index in [1.54, 1.807) is 20.3 Å². The Labute approximate surface area is 142 Å². The Morgan fingerprint density at radius 3 is 2.50 bits per heavy atom. The third-order valence-corrected chi connectivity index (χ3v) is 4.41. The normalized spacial score (nSPS) is 19.2. The molecule has 0 aliphatic carbocycles. The first-order chi connectivity index (χ1) is 11.6. The zero-order chi connectivity index (χ0) is 17.3. The maximum absolute atomic E-state index is 9.80. The molecular weight excluding hydrogens is 304 g/mol. The molecule has 0 saturated carbocycles. The van der Waals surface area contributed by atoms with Crippen molar-refractivity contribution in [2.75, 3.05) is 14.2 Å². The Bertz CT molecular complexity index is 779. The summed E-state index contributed by atoms with van der Waals surface area (Å²) >= 11 is 0. The van der Waals surface area contributed by atoms with E-state index in [4.69, 9.17) is 14.2 Å². The fourth-order valence-corrected chi connectivity index (χ4v) is 3.17. The summed E-state index contributed by atoms with van der Waals surface area (Å²) in [5.74, 6) is 2.25. The molecule has 1 aliphatic rings. The summed E-state index contributed by atoms with van der Waals surface area (Å²) < 4.78 is 16.9. The van der Waals surface area contributed by atoms with Gasteiger partial charge in [-0.05, 0) is 42.3 Å². The average Bonchev–Trinajstić information content (AvgIpc) is 2.92. The Morgan fingerprint density at radius 2 is 1.83 bits per heavy atom. The second-order valence-corrected chi connectivity index (χ2v) is 5.90. The lowest BCUT2D eigenvalue weighted by atomic mass is 9.91. The first kappa shape index (κ1) is 16.2. The molecule has 2 atom stereocenters. The Kier molecular flexibility index (Phi) is 4.38. The van der Waals surface area contributed by atoms with Crippen LogP contribution in [0.25, 0.3) is 6.08 Å². The molecule has 1 heterocycles. The molecule has 0 unspecified atom stereocenters. The highest BCUT2D eigenvalue weighted by atomic mass is 16.5. The van der Waals surface area contributed by atoms with Crippen LogP contribution < -0.4 is 14.2 Å². The number of methoxy groups -OCH3 is 2. The minimum atomic E-state index is -0.149. The van der Waals surface area contributed by atoms with Crippen LogP contribution in [0, 0.1) is 0 Å². The second-order valence-electron chi connectivity index (χ2n) is 5.90. The van der Waals surface area contributed by atoms with Crippen molar-refractivity contribution in [2.45, 2.75) is 25.9 Å². The fraction of sp³-hybridized carbons (Fsp3) is 0.300. The number of phenolic OH excluding ortho intramolecular Hbond substituents is 1. The van der Waals surface area contributed by atoms with Crippen molar-refractivity contribution in [2.24, 2.45) is 0 Å². The summed E-state index contributed by atoms with van der Waals surface area (Å²) in [5, 5.41) is 9.80. The van der Waals surface area contributed by atoms with Crippen molar-refractivity contribution in [3.63, 3.8) is 0 Å². The van der Waals surface area contributed by atoms with Gasteiger partial charge in [0.15, 0.2) is 23.0 Å². The molecule has 0 spiro atoms. The zero-order valence-corrected chi connectivity index (χ0v) is 14.4. The van der Waals surface area contributed by atoms with E-state index in [0.29, 0.717) is 5.75 Å². The van der Waals surface area contributed by atoms with Crippen LogP contribution in [0.1, 0.15) is 42.6 Å². The minimum Gasteiger partial charge on any atom is -0.504 e. The van der Waals surface area contributed by atoms with Crippen LogP contribution in [0.2, 0.25) is 0 Å². The SMILES string of the molecule is C/C=C/c1cc(OC)c2c(c1)[C@@H](C)[C@@H](c1ccc(O)c(OC)c1)O2. The van der Waals surface area contributed by atoms with Crippen LogP contribution in [-0.4, -0.2) is 19.3 Å². The standard InChI is InChI=1S/C20H22O4/c1-5-6-13-9-15-12(2)19(24-20(15)18(10-13)23-4)14-7-8-16(21)17(11-14)22-3/h5-12,19,21H,1-4H3/b6-5+/t12-,19+/m1/s1. The van der Waals surface area contributed by atoms with Crippen LogP contribution in [0.5, 0.6) is 23.0 Å². The number of hydrogen-bond donors (Lipinski definition) is 1. The Balaban J connectivity index is 2.03. The minimum absolute atomic E-state index is 0.123. The van der Waals surface area contributed by atoms with Gasteiger partial charge < -0.3 is 19.3 Å². The van der Waals surface area contributed by atoms with Gasteiger partial charge in [-0.2, -0.15) is 0 Å². The molecule has 2 aromatic rings. The van der Waals surface area contributed by atoms with Gasteiger partial charge in [-0.15, -0.1) is 0 Å². The van der Waals surface area contributed by atoms with Gasteiger partial charge in [0, 0.05) is 11.5 Å². The molecule has 0 amide bonds. The lowest BCUT2D eigenvalue weighted by molar-refractivity contribution is 0.207. The highest BCUT2D eigenvalue weighted by Crippen LogP contribution is 2.51. The molecule has 0 fully saturated rings. The van der Waals surface area contributed by atoms with E-state index in [1.165, 1.54) is 0 Å². The molecule has 1 N–H and O–H groups in total. The van der Waals surface area contributed by atoms with Crippen LogP contribution in [0.3, 0.4) is 0 Å². The highest BCUT2D eigenvalue weighted by molar-refractivity contribution is 5.62. The van der Waals surface area contributed by atoms with E-state index in [2.05, 4.69) is 13.0 Å². The molecule has 1 aliphatic heterocycles. The summed E-state index contributed by atoms with van der Waals surface area (Å²) in [6.45, 7) is 4.12. The van der Waals surface area contributed by atoms with E-state index in [-0.39, 0.29) is 17.8 Å². The van der Waals surface area contributed by atoms with Crippen molar-refractivity contribution < 1.29 is 19.3 Å². The number of benzene rings is 2. The first-order valence-electron chi connectivity index (χ1n) is 7.97. The topological polar surface area (TPSA) is 47.9 Å². The summed E-state index contributed by atoms with van der Waals surface area (Å²) in [5.41, 5.74) is 3.18. The van der Waals surface area contributed by atoms with Crippen molar-refractivity contribution in [1.82, 2.24) is 0 Å². The summed E-state index contributed by atoms with van der Waals surface area (Å²) in [6, 6.07) is 9.44. The van der Waals surface area contributed by atoms with Gasteiger partial charge >= 0.3 is 0 Å². The molecule has 0 saturated heterocycles. The number of allylic oxidation sites excluding steroid dienone is 1. The lowest BCUT2D eigenvalue weighted by Crippen LogP contribution is -2.07. The quantitative estimate of drug-likeness (QED) is 0.886. The molecule has 4 nitrogen and oxygen atoms in total. The van der Waals surface area contributed by atoms with E-state index in [0.717, 1.165) is 28.2 Å². The zero-order valence-electron chi connectivity index (χ0n) is 14.4. The Morgan fingerprint density at radius 1 is 1.08 bits per heavy atom. The lowest BCUT2D eigenvalue weighted by Gasteiger charge is -2.17. The first-order valence-corrected chi connectivity index (χ1v) is 7.97. The second kappa shape index (κ2) is 6.48. The molecule has 4 heteroatoms. The fourth-order valence-electron chi connectivity index (χ4n) is 3.17. The molecule has 0 aromatic heterocycles. The van der Waals surface area contributed by atoms with Gasteiger partial charge in [0.25, 0.3) is 0 Å². The summed E-state index contributed by atoms with van der Waals surface area (Å²) in [6.07, 6.45) is 3.90. The highest BCUT2D eigenvalue weighted by Gasteiger charge is 2.35. The molecule has 3 rings (SSSR count). The number of aromatic hydroxyl groups is 1. The molecule has 0 radical (unpaired) electrons. The van der Waals surface area contributed by atoms with Crippen LogP contribution in [-0.2, 0) is 0 Å². The van der Waals surface area contributed by atoms with Crippen LogP contribution in [0.4, 0.5) is 0 Å². The number of ether oxygens (including phenoxy) is 3. The largest absolute Gasteiger partial charge is 0.504 e. The van der Waals surface area contributed by atoms with Crippen molar-refractivity contribution in [3.05, 3.63) is 53.1 Å². The maximum Gasteiger partial charge on any atom is 0.165 e. The van der Waals surface area contributed by atoms with Gasteiger partial charge in [0.05, 0.1) is 14.2 Å². The smallest absolute Gasteiger partial charge is 0.165 e. The van der Waals surface area contributed by atoms with Crippen molar-refractivity contribution in [1.29, 1.82) is 0 Å². The molecule has 2 aromatic carbocycles. The predicted octanol–water partition coefficient (Wildman–Crippen LogP) is 4.68. The van der Waals surface area contributed by atoms with Gasteiger partial charge in [0.2, 0.25) is 0 Å². The third kappa shape index (κ3) is 2.68. The van der Waals surface area contributed by atoms with E-state index >= 15 is 0 Å². The predicted molar refractivity (Wildman–Crippen MR) is 94.1 cm³/mol. The van der Waals surface area contributed by atoms with E-state index in [1.807, 2.05) is 37.3 Å². The summed E-state index contributed by atoms with van der Waals surface area (Å²) in [7, 11) is 3.19. The van der Waals surface area contributed by atoms with Gasteiger partial charge in [0.1, 0.15) is 6.10 Å². The Hall–Kier alpha value is -2.62. The van der Waals surface area contributed by atoms with Gasteiger partial charge in [-0.3, -0.25) is 0 Å². The third-order valence-electron chi connectivity index (χ3n) is 4.41. The molecular formula is C20H22O4. The van der Waals surface area contributed by atoms with Crippen molar-refractivity contribution in [3.8, 4) is 23.0 Å². The van der Waals surface area contributed by atoms with Crippen LogP contribution in [0.15, 0.2) is 36.4 Å². The number of rotatable bonds is 4. The monoisotopic (exact) mass is 326 g/mol. The number of hydrogen-bond acceptors (Lipinski definition) is 4. The number of fused-ring (bicyclic) bond motifs is 1. The van der Waals surface area contributed by atoms with E-state index in [9.17, 15) is 5.11 Å².